The summed E-state index contributed by atoms with van der Waals surface area (Å²) in [6.45, 7) is 0.532. The smallest absolute Gasteiger partial charge is 0.417 e. The SMILES string of the molecule is COc1cnc(C(=O)Nc2ccc(F)c([C@@]3(C)N=C(N)CO[C@@H]3C(F)(F)F)c2)cn1. The molecule has 1 amide bonds. The van der Waals surface area contributed by atoms with E-state index in [9.17, 15) is 22.4 Å². The summed E-state index contributed by atoms with van der Waals surface area (Å²) >= 11 is 0. The fraction of sp³-hybridized carbons (Fsp3) is 0.333. The lowest BCUT2D eigenvalue weighted by Crippen LogP contribution is -2.53. The van der Waals surface area contributed by atoms with Gasteiger partial charge in [0.05, 0.1) is 19.5 Å². The number of methoxy groups -OCH3 is 1. The molecule has 2 atom stereocenters. The Morgan fingerprint density at radius 2 is 2.07 bits per heavy atom. The summed E-state index contributed by atoms with van der Waals surface area (Å²) in [4.78, 5) is 23.9. The normalized spacial score (nSPS) is 21.7. The van der Waals surface area contributed by atoms with E-state index in [1.165, 1.54) is 19.4 Å². The van der Waals surface area contributed by atoms with Gasteiger partial charge in [0.1, 0.15) is 29.5 Å². The third-order valence-electron chi connectivity index (χ3n) is 4.42. The maximum atomic E-state index is 14.5. The summed E-state index contributed by atoms with van der Waals surface area (Å²) in [5.74, 6) is -1.69. The Kier molecular flexibility index (Phi) is 5.61. The molecule has 0 saturated carbocycles. The van der Waals surface area contributed by atoms with Crippen molar-refractivity contribution in [1.82, 2.24) is 9.97 Å². The number of amidine groups is 1. The Bertz CT molecular complexity index is 981. The van der Waals surface area contributed by atoms with Gasteiger partial charge in [0.15, 0.2) is 6.10 Å². The zero-order chi connectivity index (χ0) is 22.1. The van der Waals surface area contributed by atoms with Crippen LogP contribution in [0.4, 0.5) is 23.2 Å². The molecular formula is C18H17F4N5O3. The zero-order valence-electron chi connectivity index (χ0n) is 15.8. The van der Waals surface area contributed by atoms with Crippen LogP contribution in [0.5, 0.6) is 5.88 Å². The Morgan fingerprint density at radius 1 is 1.33 bits per heavy atom. The second kappa shape index (κ2) is 7.86. The third kappa shape index (κ3) is 4.17. The van der Waals surface area contributed by atoms with Crippen LogP contribution >= 0.6 is 0 Å². The van der Waals surface area contributed by atoms with E-state index in [1.54, 1.807) is 0 Å². The molecule has 1 aromatic heterocycles. The van der Waals surface area contributed by atoms with Crippen molar-refractivity contribution in [1.29, 1.82) is 0 Å². The first-order valence-corrected chi connectivity index (χ1v) is 8.54. The largest absolute Gasteiger partial charge is 0.480 e. The number of nitrogens with one attached hydrogen (secondary N) is 1. The van der Waals surface area contributed by atoms with Crippen molar-refractivity contribution in [3.8, 4) is 5.88 Å². The molecule has 1 aliphatic rings. The minimum atomic E-state index is -4.83. The molecule has 1 aliphatic heterocycles. The molecule has 0 aliphatic carbocycles. The van der Waals surface area contributed by atoms with Crippen molar-refractivity contribution in [3.63, 3.8) is 0 Å². The first-order valence-electron chi connectivity index (χ1n) is 8.54. The van der Waals surface area contributed by atoms with Gasteiger partial charge in [0.2, 0.25) is 5.88 Å². The number of ether oxygens (including phenoxy) is 2. The Balaban J connectivity index is 1.95. The third-order valence-corrected chi connectivity index (χ3v) is 4.42. The minimum Gasteiger partial charge on any atom is -0.480 e. The molecule has 8 nitrogen and oxygen atoms in total. The highest BCUT2D eigenvalue weighted by Gasteiger charge is 2.56. The van der Waals surface area contributed by atoms with E-state index in [1.807, 2.05) is 0 Å². The second-order valence-electron chi connectivity index (χ2n) is 6.58. The molecule has 30 heavy (non-hydrogen) atoms. The number of alkyl halides is 3. The average Bonchev–Trinajstić information content (AvgIpc) is 2.68. The molecule has 0 unspecified atom stereocenters. The number of amides is 1. The van der Waals surface area contributed by atoms with Gasteiger partial charge in [0, 0.05) is 11.3 Å². The number of carbonyl (C=O) groups is 1. The Labute approximate surface area is 168 Å². The highest BCUT2D eigenvalue weighted by Crippen LogP contribution is 2.43. The van der Waals surface area contributed by atoms with Crippen LogP contribution in [0.15, 0.2) is 35.6 Å². The topological polar surface area (TPSA) is 112 Å². The number of nitrogens with two attached hydrogens (primary N) is 1. The molecule has 0 spiro atoms. The number of benzene rings is 1. The molecule has 0 bridgehead atoms. The highest BCUT2D eigenvalue weighted by atomic mass is 19.4. The molecule has 2 aromatic rings. The summed E-state index contributed by atoms with van der Waals surface area (Å²) in [6.07, 6.45) is -4.88. The van der Waals surface area contributed by atoms with E-state index in [-0.39, 0.29) is 23.1 Å². The van der Waals surface area contributed by atoms with E-state index < -0.39 is 41.7 Å². The molecule has 3 N–H and O–H groups in total. The number of hydrogen-bond donors (Lipinski definition) is 2. The number of rotatable bonds is 4. The first kappa shape index (κ1) is 21.4. The number of anilines is 1. The molecule has 0 saturated heterocycles. The summed E-state index contributed by atoms with van der Waals surface area (Å²) < 4.78 is 64.8. The lowest BCUT2D eigenvalue weighted by Gasteiger charge is -2.39. The second-order valence-corrected chi connectivity index (χ2v) is 6.58. The molecule has 1 aromatic carbocycles. The van der Waals surface area contributed by atoms with Crippen molar-refractivity contribution in [2.45, 2.75) is 24.7 Å². The van der Waals surface area contributed by atoms with E-state index in [0.717, 1.165) is 25.3 Å². The average molecular weight is 427 g/mol. The summed E-state index contributed by atoms with van der Waals surface area (Å²) in [6, 6.07) is 3.16. The quantitative estimate of drug-likeness (QED) is 0.725. The van der Waals surface area contributed by atoms with Gasteiger partial charge in [-0.2, -0.15) is 13.2 Å². The van der Waals surface area contributed by atoms with Crippen LogP contribution in [0.25, 0.3) is 0 Å². The van der Waals surface area contributed by atoms with Crippen molar-refractivity contribution < 1.29 is 31.8 Å². The van der Waals surface area contributed by atoms with E-state index >= 15 is 0 Å². The molecule has 160 valence electrons. The van der Waals surface area contributed by atoms with E-state index in [4.69, 9.17) is 15.2 Å². The lowest BCUT2D eigenvalue weighted by atomic mass is 9.84. The summed E-state index contributed by atoms with van der Waals surface area (Å²) in [7, 11) is 1.38. The van der Waals surface area contributed by atoms with Gasteiger partial charge in [-0.1, -0.05) is 0 Å². The molecule has 12 heteroatoms. The van der Waals surface area contributed by atoms with E-state index in [0.29, 0.717) is 0 Å². The molecule has 2 heterocycles. The summed E-state index contributed by atoms with van der Waals surface area (Å²) in [5.41, 5.74) is 2.88. The van der Waals surface area contributed by atoms with Gasteiger partial charge in [-0.05, 0) is 25.1 Å². The van der Waals surface area contributed by atoms with Gasteiger partial charge in [0.25, 0.3) is 5.91 Å². The van der Waals surface area contributed by atoms with Crippen LogP contribution in [0.3, 0.4) is 0 Å². The molecule has 0 radical (unpaired) electrons. The minimum absolute atomic E-state index is 0.0236. The molecule has 3 rings (SSSR count). The predicted octanol–water partition coefficient (Wildman–Crippen LogP) is 2.41. The van der Waals surface area contributed by atoms with Crippen LogP contribution < -0.4 is 15.8 Å². The van der Waals surface area contributed by atoms with Gasteiger partial charge >= 0.3 is 6.18 Å². The van der Waals surface area contributed by atoms with Crippen LogP contribution in [0.1, 0.15) is 23.0 Å². The van der Waals surface area contributed by atoms with Crippen LogP contribution in [-0.4, -0.2) is 47.7 Å². The van der Waals surface area contributed by atoms with Crippen molar-refractivity contribution >= 4 is 17.4 Å². The number of hydrogen-bond acceptors (Lipinski definition) is 7. The van der Waals surface area contributed by atoms with Gasteiger partial charge in [-0.3, -0.25) is 9.79 Å². The maximum Gasteiger partial charge on any atom is 0.417 e. The van der Waals surface area contributed by atoms with Crippen molar-refractivity contribution in [3.05, 3.63) is 47.7 Å². The van der Waals surface area contributed by atoms with Crippen LogP contribution in [-0.2, 0) is 10.3 Å². The van der Waals surface area contributed by atoms with Gasteiger partial charge in [-0.15, -0.1) is 0 Å². The number of aliphatic imine (C=N–C) groups is 1. The fourth-order valence-corrected chi connectivity index (χ4v) is 3.06. The summed E-state index contributed by atoms with van der Waals surface area (Å²) in [5, 5.41) is 2.43. The van der Waals surface area contributed by atoms with Crippen molar-refractivity contribution in [2.75, 3.05) is 19.0 Å². The molecular weight excluding hydrogens is 410 g/mol. The Hall–Kier alpha value is -3.28. The number of nitrogens with zero attached hydrogens (tertiary/aromatic N) is 3. The zero-order valence-corrected chi connectivity index (χ0v) is 15.8. The molecule has 0 fully saturated rings. The lowest BCUT2D eigenvalue weighted by molar-refractivity contribution is -0.238. The van der Waals surface area contributed by atoms with Gasteiger partial charge in [-0.25, -0.2) is 14.4 Å². The fourth-order valence-electron chi connectivity index (χ4n) is 3.06. The number of carbonyl (C=O) groups excluding carboxylic acids is 1. The van der Waals surface area contributed by atoms with E-state index in [2.05, 4.69) is 20.3 Å². The highest BCUT2D eigenvalue weighted by molar-refractivity contribution is 6.02. The predicted molar refractivity (Wildman–Crippen MR) is 97.7 cm³/mol. The first-order chi connectivity index (χ1) is 14.0. The number of aromatic nitrogens is 2. The van der Waals surface area contributed by atoms with Crippen molar-refractivity contribution in [2.24, 2.45) is 10.7 Å². The van der Waals surface area contributed by atoms with Crippen LogP contribution in [0.2, 0.25) is 0 Å². The van der Waals surface area contributed by atoms with Crippen LogP contribution in [0, 0.1) is 5.82 Å². The Morgan fingerprint density at radius 3 is 2.67 bits per heavy atom. The standard InChI is InChI=1S/C18H17F4N5O3/c1-17(16(18(20,21)22)30-8-13(23)27-17)10-5-9(3-4-11(10)19)26-15(28)12-6-25-14(29-2)7-24-12/h3-7,16H,8H2,1-2H3,(H2,23,27)(H,26,28)/t16-,17+/m0/s1. The number of halogens is 4. The van der Waals surface area contributed by atoms with Gasteiger partial charge < -0.3 is 20.5 Å². The monoisotopic (exact) mass is 427 g/mol. The maximum absolute atomic E-state index is 14.5.